The average Bonchev–Trinajstić information content (AvgIpc) is 3.20. The molecule has 1 aliphatic carbocycles. The number of nitrogens with one attached hydrogen (secondary N) is 1. The molecule has 1 fully saturated rings. The van der Waals surface area contributed by atoms with Crippen molar-refractivity contribution in [1.82, 2.24) is 20.1 Å². The van der Waals surface area contributed by atoms with Gasteiger partial charge in [0.05, 0.1) is 5.39 Å². The van der Waals surface area contributed by atoms with Crippen LogP contribution in [0.5, 0.6) is 0 Å². The normalized spacial score (nSPS) is 15.3. The van der Waals surface area contributed by atoms with E-state index < -0.39 is 0 Å². The molecule has 1 N–H and O–H groups in total. The fourth-order valence-electron chi connectivity index (χ4n) is 2.97. The summed E-state index contributed by atoms with van der Waals surface area (Å²) in [6.07, 6.45) is 3.94. The molecule has 26 heavy (non-hydrogen) atoms. The zero-order chi connectivity index (χ0) is 17.5. The van der Waals surface area contributed by atoms with Crippen LogP contribution in [0.15, 0.2) is 46.6 Å². The second-order valence-corrected chi connectivity index (χ2v) is 7.48. The van der Waals surface area contributed by atoms with Crippen molar-refractivity contribution in [2.45, 2.75) is 31.7 Å². The summed E-state index contributed by atoms with van der Waals surface area (Å²) in [5, 5.41) is 10.6. The summed E-state index contributed by atoms with van der Waals surface area (Å²) < 4.78 is 5.39. The van der Waals surface area contributed by atoms with Gasteiger partial charge in [-0.2, -0.15) is 4.98 Å². The molecule has 5 rings (SSSR count). The quantitative estimate of drug-likeness (QED) is 0.549. The molecule has 1 atom stereocenters. The highest BCUT2D eigenvalue weighted by molar-refractivity contribution is 7.16. The Kier molecular flexibility index (Phi) is 3.67. The average molecular weight is 363 g/mol. The Bertz CT molecular complexity index is 1050. The highest BCUT2D eigenvalue weighted by atomic mass is 32.1. The summed E-state index contributed by atoms with van der Waals surface area (Å²) >= 11 is 1.62. The molecule has 0 aliphatic heterocycles. The van der Waals surface area contributed by atoms with E-state index in [1.54, 1.807) is 17.7 Å². The van der Waals surface area contributed by atoms with E-state index in [0.717, 1.165) is 33.0 Å². The second-order valence-electron chi connectivity index (χ2n) is 6.58. The van der Waals surface area contributed by atoms with Crippen LogP contribution in [-0.4, -0.2) is 20.1 Å². The lowest BCUT2D eigenvalue weighted by molar-refractivity contribution is 0.422. The van der Waals surface area contributed by atoms with Gasteiger partial charge in [0.1, 0.15) is 17.0 Å². The molecule has 0 saturated heterocycles. The zero-order valence-electron chi connectivity index (χ0n) is 14.2. The van der Waals surface area contributed by atoms with E-state index in [-0.39, 0.29) is 6.04 Å². The summed E-state index contributed by atoms with van der Waals surface area (Å²) in [6, 6.07) is 10.4. The van der Waals surface area contributed by atoms with Gasteiger partial charge in [0, 0.05) is 17.5 Å². The van der Waals surface area contributed by atoms with Crippen LogP contribution in [0.1, 0.15) is 43.1 Å². The van der Waals surface area contributed by atoms with Crippen LogP contribution in [0, 0.1) is 0 Å². The fraction of sp³-hybridized carbons (Fsp3) is 0.263. The number of aromatic nitrogens is 4. The molecule has 1 aliphatic rings. The highest BCUT2D eigenvalue weighted by Crippen LogP contribution is 2.39. The molecule has 3 aromatic heterocycles. The molecule has 0 spiro atoms. The van der Waals surface area contributed by atoms with E-state index in [1.165, 1.54) is 12.8 Å². The summed E-state index contributed by atoms with van der Waals surface area (Å²) in [5.74, 6) is 2.79. The van der Waals surface area contributed by atoms with Crippen molar-refractivity contribution >= 4 is 27.4 Å². The molecule has 1 aromatic carbocycles. The molecule has 3 heterocycles. The third-order valence-electron chi connectivity index (χ3n) is 4.66. The van der Waals surface area contributed by atoms with Gasteiger partial charge in [-0.3, -0.25) is 0 Å². The van der Waals surface area contributed by atoms with Gasteiger partial charge in [-0.05, 0) is 48.9 Å². The lowest BCUT2D eigenvalue weighted by atomic mass is 10.1. The zero-order valence-corrected chi connectivity index (χ0v) is 15.0. The Hall–Kier alpha value is -2.80. The van der Waals surface area contributed by atoms with Crippen molar-refractivity contribution in [2.24, 2.45) is 0 Å². The number of thiophene rings is 1. The number of hydrogen-bond acceptors (Lipinski definition) is 7. The molecular formula is C19H17N5OS. The first-order chi connectivity index (χ1) is 12.8. The van der Waals surface area contributed by atoms with Crippen LogP contribution in [-0.2, 0) is 0 Å². The topological polar surface area (TPSA) is 76.7 Å². The standard InChI is InChI=1S/C19H17N5OS/c1-11(22-17-15-8-9-26-19(15)21-10-20-17)12-2-6-14(7-3-12)18-23-16(24-25-18)13-4-5-13/h2-3,6-11,13H,4-5H2,1H3,(H,20,21,22)/t11-/m0/s1. The molecular weight excluding hydrogens is 346 g/mol. The Balaban J connectivity index is 1.35. The lowest BCUT2D eigenvalue weighted by Gasteiger charge is -2.15. The minimum absolute atomic E-state index is 0.117. The summed E-state index contributed by atoms with van der Waals surface area (Å²) in [4.78, 5) is 14.2. The number of rotatable bonds is 5. The van der Waals surface area contributed by atoms with Gasteiger partial charge in [0.2, 0.25) is 0 Å². The van der Waals surface area contributed by atoms with Gasteiger partial charge in [-0.15, -0.1) is 11.3 Å². The molecule has 6 nitrogen and oxygen atoms in total. The van der Waals surface area contributed by atoms with Gasteiger partial charge in [0.25, 0.3) is 5.89 Å². The van der Waals surface area contributed by atoms with Crippen molar-refractivity contribution in [2.75, 3.05) is 5.32 Å². The van der Waals surface area contributed by atoms with Crippen LogP contribution < -0.4 is 5.32 Å². The summed E-state index contributed by atoms with van der Waals surface area (Å²) in [7, 11) is 0. The van der Waals surface area contributed by atoms with E-state index in [2.05, 4.69) is 44.5 Å². The molecule has 7 heteroatoms. The molecule has 130 valence electrons. The van der Waals surface area contributed by atoms with Crippen LogP contribution in [0.3, 0.4) is 0 Å². The van der Waals surface area contributed by atoms with Crippen molar-refractivity contribution in [3.05, 3.63) is 53.4 Å². The molecule has 1 saturated carbocycles. The van der Waals surface area contributed by atoms with E-state index in [9.17, 15) is 0 Å². The van der Waals surface area contributed by atoms with Gasteiger partial charge in [-0.1, -0.05) is 17.3 Å². The van der Waals surface area contributed by atoms with Crippen molar-refractivity contribution in [3.63, 3.8) is 0 Å². The maximum Gasteiger partial charge on any atom is 0.257 e. The number of fused-ring (bicyclic) bond motifs is 1. The molecule has 0 amide bonds. The Morgan fingerprint density at radius 2 is 2.00 bits per heavy atom. The maximum absolute atomic E-state index is 5.39. The monoisotopic (exact) mass is 363 g/mol. The Labute approximate surface area is 154 Å². The smallest absolute Gasteiger partial charge is 0.257 e. The molecule has 0 radical (unpaired) electrons. The first kappa shape index (κ1) is 15.5. The van der Waals surface area contributed by atoms with Crippen LogP contribution in [0.2, 0.25) is 0 Å². The number of benzene rings is 1. The Morgan fingerprint density at radius 1 is 1.15 bits per heavy atom. The van der Waals surface area contributed by atoms with E-state index in [1.807, 2.05) is 23.6 Å². The van der Waals surface area contributed by atoms with E-state index in [0.29, 0.717) is 11.8 Å². The third-order valence-corrected chi connectivity index (χ3v) is 5.48. The third kappa shape index (κ3) is 2.84. The molecule has 0 unspecified atom stereocenters. The van der Waals surface area contributed by atoms with Gasteiger partial charge in [-0.25, -0.2) is 9.97 Å². The van der Waals surface area contributed by atoms with Crippen LogP contribution in [0.4, 0.5) is 5.82 Å². The molecule has 4 aromatic rings. The minimum atomic E-state index is 0.117. The van der Waals surface area contributed by atoms with E-state index >= 15 is 0 Å². The van der Waals surface area contributed by atoms with Gasteiger partial charge in [0.15, 0.2) is 5.82 Å². The number of nitrogens with zero attached hydrogens (tertiary/aromatic N) is 4. The van der Waals surface area contributed by atoms with Gasteiger partial charge < -0.3 is 9.84 Å². The van der Waals surface area contributed by atoms with E-state index in [4.69, 9.17) is 4.52 Å². The number of hydrogen-bond donors (Lipinski definition) is 1. The van der Waals surface area contributed by atoms with Crippen molar-refractivity contribution < 1.29 is 4.52 Å². The lowest BCUT2D eigenvalue weighted by Crippen LogP contribution is -2.08. The SMILES string of the molecule is C[C@H](Nc1ncnc2sccc12)c1ccc(-c2nc(C3CC3)no2)cc1. The highest BCUT2D eigenvalue weighted by Gasteiger charge is 2.28. The fourth-order valence-corrected chi connectivity index (χ4v) is 3.70. The van der Waals surface area contributed by atoms with Crippen molar-refractivity contribution in [3.8, 4) is 11.5 Å². The summed E-state index contributed by atoms with van der Waals surface area (Å²) in [6.45, 7) is 2.12. The first-order valence-electron chi connectivity index (χ1n) is 8.66. The second kappa shape index (κ2) is 6.17. The maximum atomic E-state index is 5.39. The van der Waals surface area contributed by atoms with Crippen molar-refractivity contribution in [1.29, 1.82) is 0 Å². The van der Waals surface area contributed by atoms with Crippen LogP contribution in [0.25, 0.3) is 21.7 Å². The predicted molar refractivity (Wildman–Crippen MR) is 101 cm³/mol. The number of anilines is 1. The van der Waals surface area contributed by atoms with Gasteiger partial charge >= 0.3 is 0 Å². The summed E-state index contributed by atoms with van der Waals surface area (Å²) in [5.41, 5.74) is 2.11. The Morgan fingerprint density at radius 3 is 2.81 bits per heavy atom. The largest absolute Gasteiger partial charge is 0.363 e. The first-order valence-corrected chi connectivity index (χ1v) is 9.54. The van der Waals surface area contributed by atoms with Crippen LogP contribution >= 0.6 is 11.3 Å². The minimum Gasteiger partial charge on any atom is -0.363 e. The molecule has 0 bridgehead atoms. The predicted octanol–water partition coefficient (Wildman–Crippen LogP) is 4.79.